The number of aromatic nitrogens is 1. The van der Waals surface area contributed by atoms with Crippen molar-refractivity contribution in [3.63, 3.8) is 0 Å². The van der Waals surface area contributed by atoms with Crippen LogP contribution in [0.3, 0.4) is 0 Å². The van der Waals surface area contributed by atoms with E-state index in [0.29, 0.717) is 11.8 Å². The van der Waals surface area contributed by atoms with Crippen molar-refractivity contribution in [1.29, 1.82) is 0 Å². The summed E-state index contributed by atoms with van der Waals surface area (Å²) in [5, 5.41) is 10.3. The number of aliphatic hydroxyl groups is 1. The topological polar surface area (TPSA) is 51.8 Å². The molecule has 1 aromatic rings. The monoisotopic (exact) mass is 668 g/mol. The van der Waals surface area contributed by atoms with Crippen molar-refractivity contribution < 1.29 is 15.4 Å². The summed E-state index contributed by atoms with van der Waals surface area (Å²) in [7, 11) is 0. The normalized spacial score (nSPS) is 21.2. The second-order valence-electron chi connectivity index (χ2n) is 15.1. The summed E-state index contributed by atoms with van der Waals surface area (Å²) >= 11 is 2.07. The third kappa shape index (κ3) is 11.9. The molecule has 3 rings (SSSR count). The van der Waals surface area contributed by atoms with E-state index in [0.717, 1.165) is 29.1 Å². The Balaban J connectivity index is 1.73. The first-order valence-electron chi connectivity index (χ1n) is 18.0. The van der Waals surface area contributed by atoms with Crippen LogP contribution in [0.2, 0.25) is 0 Å². The highest BCUT2D eigenvalue weighted by molar-refractivity contribution is 8.00. The number of hydrogen-bond donors (Lipinski definition) is 2. The Morgan fingerprint density at radius 2 is 1.58 bits per heavy atom. The fourth-order valence-corrected chi connectivity index (χ4v) is 8.05. The number of hydrogen-bond acceptors (Lipinski definition) is 2. The molecule has 0 bridgehead atoms. The van der Waals surface area contributed by atoms with E-state index in [2.05, 4.69) is 170 Å². The molecule has 48 heavy (non-hydrogen) atoms. The minimum atomic E-state index is 0.104. The maximum absolute atomic E-state index is 9.68. The van der Waals surface area contributed by atoms with Gasteiger partial charge in [0.05, 0.1) is 6.54 Å². The molecule has 0 saturated carbocycles. The number of pyridine rings is 1. The van der Waals surface area contributed by atoms with Gasteiger partial charge in [-0.3, -0.25) is 0 Å². The highest BCUT2D eigenvalue weighted by Gasteiger charge is 2.32. The predicted octanol–water partition coefficient (Wildman–Crippen LogP) is 9.95. The van der Waals surface area contributed by atoms with Crippen LogP contribution >= 0.6 is 11.8 Å². The molecule has 0 aromatic carbocycles. The zero-order valence-corrected chi connectivity index (χ0v) is 32.4. The summed E-state index contributed by atoms with van der Waals surface area (Å²) < 4.78 is 2.11. The van der Waals surface area contributed by atoms with E-state index >= 15 is 0 Å². The van der Waals surface area contributed by atoms with Gasteiger partial charge in [0, 0.05) is 29.2 Å². The molecule has 2 aliphatic carbocycles. The van der Waals surface area contributed by atoms with Gasteiger partial charge in [-0.15, -0.1) is 11.8 Å². The van der Waals surface area contributed by atoms with E-state index in [1.165, 1.54) is 65.5 Å². The highest BCUT2D eigenvalue weighted by Crippen LogP contribution is 2.44. The van der Waals surface area contributed by atoms with Crippen LogP contribution < -0.4 is 10.3 Å². The van der Waals surface area contributed by atoms with Crippen molar-refractivity contribution in [2.24, 2.45) is 10.8 Å². The van der Waals surface area contributed by atoms with Crippen LogP contribution in [0, 0.1) is 10.8 Å². The summed E-state index contributed by atoms with van der Waals surface area (Å²) in [6.45, 7) is 22.2. The molecule has 1 unspecified atom stereocenters. The molecule has 3 nitrogen and oxygen atoms in total. The molecule has 1 atom stereocenters. The Morgan fingerprint density at radius 1 is 0.917 bits per heavy atom. The predicted molar refractivity (Wildman–Crippen MR) is 211 cm³/mol. The van der Waals surface area contributed by atoms with E-state index in [1.807, 2.05) is 0 Å². The Morgan fingerprint density at radius 3 is 2.25 bits per heavy atom. The molecule has 1 aromatic heterocycles. The fraction of sp³-hybridized carbons (Fsp3) is 0.477. The van der Waals surface area contributed by atoms with Gasteiger partial charge in [-0.1, -0.05) is 111 Å². The first-order valence-corrected chi connectivity index (χ1v) is 19.0. The van der Waals surface area contributed by atoms with Gasteiger partial charge >= 0.3 is 0 Å². The number of allylic oxidation sites excluding steroid dienone is 15. The van der Waals surface area contributed by atoms with Crippen LogP contribution in [0.5, 0.6) is 0 Å². The lowest BCUT2D eigenvalue weighted by molar-refractivity contribution is -0.699. The van der Waals surface area contributed by atoms with Crippen LogP contribution in [-0.2, 0) is 6.54 Å². The average molecular weight is 669 g/mol. The molecular formula is C44H64N2OS+2. The van der Waals surface area contributed by atoms with Crippen LogP contribution in [0.15, 0.2) is 112 Å². The highest BCUT2D eigenvalue weighted by atomic mass is 32.2. The molecule has 0 aliphatic heterocycles. The van der Waals surface area contributed by atoms with Gasteiger partial charge in [0.15, 0.2) is 12.7 Å². The summed E-state index contributed by atoms with van der Waals surface area (Å²) in [5.74, 6) is 1.13. The summed E-state index contributed by atoms with van der Waals surface area (Å²) in [6, 6.07) is 4.30. The lowest BCUT2D eigenvalue weighted by atomic mass is 9.72. The average Bonchev–Trinajstić information content (AvgIpc) is 3.01. The number of nitrogens with zero attached hydrogens (tertiary/aromatic N) is 1. The van der Waals surface area contributed by atoms with Gasteiger partial charge in [0.25, 0.3) is 0 Å². The van der Waals surface area contributed by atoms with Crippen LogP contribution in [0.4, 0.5) is 0 Å². The van der Waals surface area contributed by atoms with Gasteiger partial charge in [-0.05, 0) is 99.8 Å². The van der Waals surface area contributed by atoms with Gasteiger partial charge in [-0.25, -0.2) is 0 Å². The number of aliphatic hydroxyl groups excluding tert-OH is 1. The van der Waals surface area contributed by atoms with E-state index < -0.39 is 0 Å². The molecular weight excluding hydrogens is 605 g/mol. The molecule has 0 radical (unpaired) electrons. The fourth-order valence-electron chi connectivity index (χ4n) is 6.94. The Kier molecular flexibility index (Phi) is 15.4. The summed E-state index contributed by atoms with van der Waals surface area (Å²) in [6.07, 6.45) is 32.7. The van der Waals surface area contributed by atoms with Crippen molar-refractivity contribution in [2.75, 3.05) is 18.9 Å². The second-order valence-corrected chi connectivity index (χ2v) is 16.4. The molecule has 1 heterocycles. The van der Waals surface area contributed by atoms with Crippen molar-refractivity contribution in [1.82, 2.24) is 0 Å². The third-order valence-corrected chi connectivity index (χ3v) is 11.4. The molecule has 0 amide bonds. The Bertz CT molecular complexity index is 1540. The third-order valence-electron chi connectivity index (χ3n) is 9.88. The second kappa shape index (κ2) is 18.7. The molecule has 4 heteroatoms. The molecule has 0 fully saturated rings. The van der Waals surface area contributed by atoms with Gasteiger partial charge in [-0.2, -0.15) is 4.57 Å². The van der Waals surface area contributed by atoms with Crippen molar-refractivity contribution in [3.05, 3.63) is 123 Å². The van der Waals surface area contributed by atoms with Crippen molar-refractivity contribution in [2.45, 2.75) is 106 Å². The van der Waals surface area contributed by atoms with Gasteiger partial charge < -0.3 is 10.8 Å². The largest absolute Gasteiger partial charge is 0.390 e. The Labute approximate surface area is 297 Å². The number of quaternary nitrogens is 1. The van der Waals surface area contributed by atoms with E-state index in [-0.39, 0.29) is 17.4 Å². The smallest absolute Gasteiger partial charge is 0.206 e. The van der Waals surface area contributed by atoms with Crippen LogP contribution in [-0.4, -0.2) is 29.3 Å². The number of rotatable bonds is 14. The Hall–Kier alpha value is -2.92. The van der Waals surface area contributed by atoms with Crippen molar-refractivity contribution >= 4 is 23.9 Å². The van der Waals surface area contributed by atoms with E-state index in [4.69, 9.17) is 0 Å². The minimum absolute atomic E-state index is 0.104. The molecule has 4 N–H and O–H groups in total. The van der Waals surface area contributed by atoms with Crippen molar-refractivity contribution in [3.8, 4) is 0 Å². The number of thioether (sulfide) groups is 1. The van der Waals surface area contributed by atoms with Gasteiger partial charge in [0.1, 0.15) is 6.61 Å². The molecule has 260 valence electrons. The quantitative estimate of drug-likeness (QED) is 0.153. The zero-order chi connectivity index (χ0) is 35.3. The summed E-state index contributed by atoms with van der Waals surface area (Å²) in [4.78, 5) is 0. The van der Waals surface area contributed by atoms with Crippen LogP contribution in [0.25, 0.3) is 12.2 Å². The van der Waals surface area contributed by atoms with E-state index in [9.17, 15) is 5.11 Å². The lowest BCUT2D eigenvalue weighted by Crippen LogP contribution is -2.51. The first-order chi connectivity index (χ1) is 22.8. The van der Waals surface area contributed by atoms with Gasteiger partial charge in [0.2, 0.25) is 5.69 Å². The lowest BCUT2D eigenvalue weighted by Gasteiger charge is -2.37. The zero-order valence-electron chi connectivity index (χ0n) is 31.5. The maximum Gasteiger partial charge on any atom is 0.206 e. The summed E-state index contributed by atoms with van der Waals surface area (Å²) in [5.41, 5.74) is 16.4. The first kappa shape index (κ1) is 39.5. The standard InChI is InChI=1S/C44H63N2OS/c1-33(18-20-40-36(4)16-12-24-43(40,6)7)13-10-15-35(3)31-39-32-38(23-27-46(39)28-29-47)17-11-14-34(2)19-21-41-37(5)42(48-30-26-45)22-25-44(41,8)9/h10-11,13-15,17-21,23,27,31-32,42,47H,12,16,22,24-26,28-30,45H2,1-9H3/q+1/p+1/b15-10+,17-11+,20-18+,21-19+,33-13+,34-14+,35-31+. The minimum Gasteiger partial charge on any atom is -0.390 e. The maximum atomic E-state index is 9.68. The molecule has 0 saturated heterocycles. The SMILES string of the molecule is CC1=C(/C=C/C(C)=C/C=C/C(C)=C/c2cc(/C=C/C=C(C)/C=C/C3=C(C)C(SCC[NH3+])CCC3(C)C)cc[n+]2CCO)C(C)(C)CCC1. The van der Waals surface area contributed by atoms with Crippen LogP contribution in [0.1, 0.15) is 106 Å². The molecule has 2 aliphatic rings. The van der Waals surface area contributed by atoms with E-state index in [1.54, 1.807) is 0 Å². The molecule has 0 spiro atoms.